The number of para-hydroxylation sites is 1. The van der Waals surface area contributed by atoms with Gasteiger partial charge in [0.15, 0.2) is 11.6 Å². The lowest BCUT2D eigenvalue weighted by atomic mass is 9.79. The number of nitrogens with zero attached hydrogens (tertiary/aromatic N) is 1. The second kappa shape index (κ2) is 5.85. The Labute approximate surface area is 163 Å². The number of aryl methyl sites for hydroxylation is 1. The SMILES string of the molecule is COc1ccccc1S(=O)(=O)Nc1noc2c1CC1(CC1)c1ccc(C)cc1-2. The summed E-state index contributed by atoms with van der Waals surface area (Å²) >= 11 is 0. The van der Waals surface area contributed by atoms with E-state index in [4.69, 9.17) is 9.26 Å². The third-order valence-corrected chi connectivity index (χ3v) is 7.12. The number of hydrogen-bond acceptors (Lipinski definition) is 5. The zero-order valence-corrected chi connectivity index (χ0v) is 16.5. The van der Waals surface area contributed by atoms with Crippen molar-refractivity contribution >= 4 is 15.8 Å². The second-order valence-electron chi connectivity index (χ2n) is 7.60. The van der Waals surface area contributed by atoms with Crippen molar-refractivity contribution in [3.05, 3.63) is 59.2 Å². The maximum Gasteiger partial charge on any atom is 0.266 e. The molecule has 0 bridgehead atoms. The van der Waals surface area contributed by atoms with Crippen molar-refractivity contribution in [3.8, 4) is 17.1 Å². The molecule has 2 aliphatic carbocycles. The highest BCUT2D eigenvalue weighted by Crippen LogP contribution is 2.58. The maximum atomic E-state index is 13.0. The Morgan fingerprint density at radius 3 is 2.71 bits per heavy atom. The number of fused-ring (bicyclic) bond motifs is 4. The highest BCUT2D eigenvalue weighted by Gasteiger charge is 2.50. The summed E-state index contributed by atoms with van der Waals surface area (Å²) < 4.78 is 39.4. The third-order valence-electron chi connectivity index (χ3n) is 5.74. The zero-order chi connectivity index (χ0) is 19.5. The van der Waals surface area contributed by atoms with E-state index in [9.17, 15) is 8.42 Å². The molecule has 144 valence electrons. The predicted molar refractivity (Wildman–Crippen MR) is 105 cm³/mol. The van der Waals surface area contributed by atoms with Gasteiger partial charge in [0, 0.05) is 16.5 Å². The highest BCUT2D eigenvalue weighted by atomic mass is 32.2. The molecule has 1 fully saturated rings. The second-order valence-corrected chi connectivity index (χ2v) is 9.25. The number of rotatable bonds is 4. The quantitative estimate of drug-likeness (QED) is 0.720. The topological polar surface area (TPSA) is 81.4 Å². The molecule has 0 atom stereocenters. The van der Waals surface area contributed by atoms with Gasteiger partial charge in [-0.15, -0.1) is 0 Å². The summed E-state index contributed by atoms with van der Waals surface area (Å²) in [6, 6.07) is 12.9. The van der Waals surface area contributed by atoms with Crippen LogP contribution in [0.2, 0.25) is 0 Å². The fourth-order valence-corrected chi connectivity index (χ4v) is 5.33. The van der Waals surface area contributed by atoms with Crippen molar-refractivity contribution in [2.24, 2.45) is 0 Å². The Bertz CT molecular complexity index is 1190. The molecule has 2 aliphatic rings. The van der Waals surface area contributed by atoms with Crippen LogP contribution < -0.4 is 9.46 Å². The molecule has 1 N–H and O–H groups in total. The number of benzene rings is 2. The van der Waals surface area contributed by atoms with Crippen LogP contribution in [0.4, 0.5) is 5.82 Å². The van der Waals surface area contributed by atoms with Gasteiger partial charge in [-0.3, -0.25) is 4.72 Å². The molecule has 5 rings (SSSR count). The predicted octanol–water partition coefficient (Wildman–Crippen LogP) is 4.05. The lowest BCUT2D eigenvalue weighted by Crippen LogP contribution is -2.20. The number of anilines is 1. The number of aromatic nitrogens is 1. The molecule has 1 spiro atoms. The van der Waals surface area contributed by atoms with Crippen LogP contribution in [0, 0.1) is 6.92 Å². The lowest BCUT2D eigenvalue weighted by molar-refractivity contribution is 0.403. The number of methoxy groups -OCH3 is 1. The summed E-state index contributed by atoms with van der Waals surface area (Å²) in [5.74, 6) is 1.21. The van der Waals surface area contributed by atoms with Crippen LogP contribution in [0.5, 0.6) is 5.75 Å². The standard InChI is InChI=1S/C21H20N2O4S/c1-13-7-8-16-14(11-13)19-15(12-21(16)9-10-21)20(22-27-19)23-28(24,25)18-6-4-3-5-17(18)26-2/h3-8,11H,9-10,12H2,1-2H3,(H,22,23). The van der Waals surface area contributed by atoms with Crippen LogP contribution in [0.25, 0.3) is 11.3 Å². The minimum Gasteiger partial charge on any atom is -0.495 e. The molecule has 1 aromatic heterocycles. The molecule has 0 saturated heterocycles. The normalized spacial score (nSPS) is 16.4. The minimum atomic E-state index is -3.86. The first-order chi connectivity index (χ1) is 13.4. The van der Waals surface area contributed by atoms with Gasteiger partial charge in [0.1, 0.15) is 10.6 Å². The average Bonchev–Trinajstić information content (AvgIpc) is 3.35. The third kappa shape index (κ3) is 2.53. The van der Waals surface area contributed by atoms with E-state index in [0.717, 1.165) is 36.0 Å². The first-order valence-corrected chi connectivity index (χ1v) is 10.7. The van der Waals surface area contributed by atoms with Crippen molar-refractivity contribution in [2.75, 3.05) is 11.8 Å². The van der Waals surface area contributed by atoms with Gasteiger partial charge in [0.05, 0.1) is 7.11 Å². The van der Waals surface area contributed by atoms with E-state index in [0.29, 0.717) is 5.76 Å². The zero-order valence-electron chi connectivity index (χ0n) is 15.7. The van der Waals surface area contributed by atoms with Crippen molar-refractivity contribution in [3.63, 3.8) is 0 Å². The summed E-state index contributed by atoms with van der Waals surface area (Å²) in [4.78, 5) is 0.0717. The molecule has 0 amide bonds. The van der Waals surface area contributed by atoms with Crippen molar-refractivity contribution in [2.45, 2.75) is 36.5 Å². The fraction of sp³-hybridized carbons (Fsp3) is 0.286. The molecular formula is C21H20N2O4S. The van der Waals surface area contributed by atoms with E-state index in [1.165, 1.54) is 18.7 Å². The number of hydrogen-bond donors (Lipinski definition) is 1. The van der Waals surface area contributed by atoms with Crippen LogP contribution in [0.15, 0.2) is 51.9 Å². The van der Waals surface area contributed by atoms with Crippen molar-refractivity contribution in [1.82, 2.24) is 5.16 Å². The highest BCUT2D eigenvalue weighted by molar-refractivity contribution is 7.92. The molecule has 0 unspecified atom stereocenters. The fourth-order valence-electron chi connectivity index (χ4n) is 4.13. The minimum absolute atomic E-state index is 0.0717. The molecular weight excluding hydrogens is 376 g/mol. The van der Waals surface area contributed by atoms with E-state index in [1.807, 2.05) is 6.92 Å². The summed E-state index contributed by atoms with van der Waals surface area (Å²) in [5, 5.41) is 4.08. The summed E-state index contributed by atoms with van der Waals surface area (Å²) in [6.07, 6.45) is 2.91. The largest absolute Gasteiger partial charge is 0.495 e. The Kier molecular flexibility index (Phi) is 3.61. The van der Waals surface area contributed by atoms with Crippen LogP contribution in [-0.2, 0) is 21.9 Å². The number of nitrogens with one attached hydrogen (secondary N) is 1. The maximum absolute atomic E-state index is 13.0. The Balaban J connectivity index is 1.59. The van der Waals surface area contributed by atoms with Gasteiger partial charge in [0.2, 0.25) is 0 Å². The number of ether oxygens (including phenoxy) is 1. The van der Waals surface area contributed by atoms with Crippen LogP contribution in [0.3, 0.4) is 0 Å². The summed E-state index contributed by atoms with van der Waals surface area (Å²) in [5.41, 5.74) is 4.34. The van der Waals surface area contributed by atoms with E-state index < -0.39 is 10.0 Å². The first kappa shape index (κ1) is 17.3. The first-order valence-electron chi connectivity index (χ1n) is 9.19. The van der Waals surface area contributed by atoms with Gasteiger partial charge in [-0.25, -0.2) is 8.42 Å². The van der Waals surface area contributed by atoms with Crippen LogP contribution in [0.1, 0.15) is 29.5 Å². The molecule has 1 heterocycles. The van der Waals surface area contributed by atoms with Gasteiger partial charge >= 0.3 is 0 Å². The van der Waals surface area contributed by atoms with E-state index in [2.05, 4.69) is 28.1 Å². The van der Waals surface area contributed by atoms with Crippen LogP contribution in [-0.4, -0.2) is 20.7 Å². The molecule has 0 radical (unpaired) electrons. The molecule has 6 nitrogen and oxygen atoms in total. The molecule has 1 saturated carbocycles. The lowest BCUT2D eigenvalue weighted by Gasteiger charge is -2.24. The smallest absolute Gasteiger partial charge is 0.266 e. The Morgan fingerprint density at radius 1 is 1.18 bits per heavy atom. The van der Waals surface area contributed by atoms with Gasteiger partial charge in [-0.2, -0.15) is 0 Å². The molecule has 7 heteroatoms. The monoisotopic (exact) mass is 396 g/mol. The van der Waals surface area contributed by atoms with Crippen molar-refractivity contribution in [1.29, 1.82) is 0 Å². The molecule has 0 aliphatic heterocycles. The van der Waals surface area contributed by atoms with E-state index >= 15 is 0 Å². The Hall–Kier alpha value is -2.80. The van der Waals surface area contributed by atoms with Gasteiger partial charge in [-0.05, 0) is 49.9 Å². The molecule has 3 aromatic rings. The number of sulfonamides is 1. The summed E-state index contributed by atoms with van der Waals surface area (Å²) in [7, 11) is -2.41. The Morgan fingerprint density at radius 2 is 1.96 bits per heavy atom. The van der Waals surface area contributed by atoms with E-state index in [-0.39, 0.29) is 21.9 Å². The summed E-state index contributed by atoms with van der Waals surface area (Å²) in [6.45, 7) is 2.04. The van der Waals surface area contributed by atoms with Gasteiger partial charge in [-0.1, -0.05) is 35.0 Å². The van der Waals surface area contributed by atoms with Gasteiger partial charge in [0.25, 0.3) is 10.0 Å². The van der Waals surface area contributed by atoms with Crippen LogP contribution >= 0.6 is 0 Å². The van der Waals surface area contributed by atoms with Gasteiger partial charge < -0.3 is 9.26 Å². The average molecular weight is 396 g/mol. The molecule has 2 aromatic carbocycles. The van der Waals surface area contributed by atoms with Crippen molar-refractivity contribution < 1.29 is 17.7 Å². The van der Waals surface area contributed by atoms with E-state index in [1.54, 1.807) is 18.2 Å². The molecule has 28 heavy (non-hydrogen) atoms.